The van der Waals surface area contributed by atoms with Crippen LogP contribution in [0.15, 0.2) is 54.6 Å². The van der Waals surface area contributed by atoms with E-state index in [0.29, 0.717) is 22.8 Å². The van der Waals surface area contributed by atoms with E-state index in [-0.39, 0.29) is 19.8 Å². The van der Waals surface area contributed by atoms with Gasteiger partial charge in [-0.3, -0.25) is 0 Å². The van der Waals surface area contributed by atoms with Crippen molar-refractivity contribution in [3.8, 4) is 16.9 Å². The predicted octanol–water partition coefficient (Wildman–Crippen LogP) is 5.39. The Labute approximate surface area is 173 Å². The molecule has 0 radical (unpaired) electrons. The number of hydrogen-bond donors (Lipinski definition) is 1. The van der Waals surface area contributed by atoms with Crippen LogP contribution in [0.2, 0.25) is 0 Å². The summed E-state index contributed by atoms with van der Waals surface area (Å²) in [5.74, 6) is 0.867. The zero-order valence-electron chi connectivity index (χ0n) is 17.2. The monoisotopic (exact) mass is 394 g/mol. The van der Waals surface area contributed by atoms with Crippen molar-refractivity contribution in [1.29, 1.82) is 0 Å². The number of aliphatic hydroxyl groups excluding tert-OH is 1. The van der Waals surface area contributed by atoms with Gasteiger partial charge in [-0.05, 0) is 48.4 Å². The van der Waals surface area contributed by atoms with Gasteiger partial charge in [-0.15, -0.1) is 0 Å². The molecule has 2 aromatic carbocycles. The van der Waals surface area contributed by atoms with Gasteiger partial charge in [-0.1, -0.05) is 62.2 Å². The molecule has 0 aromatic heterocycles. The van der Waals surface area contributed by atoms with Crippen LogP contribution in [0.3, 0.4) is 0 Å². The maximum atomic E-state index is 11.4. The fourth-order valence-electron chi connectivity index (χ4n) is 3.79. The van der Waals surface area contributed by atoms with E-state index in [1.165, 1.54) is 37.7 Å². The minimum absolute atomic E-state index is 0.109. The average Bonchev–Trinajstić information content (AvgIpc) is 2.77. The molecule has 0 spiro atoms. The molecule has 1 fully saturated rings. The maximum Gasteiger partial charge on any atom is 0.333 e. The highest BCUT2D eigenvalue weighted by molar-refractivity contribution is 5.86. The predicted molar refractivity (Wildman–Crippen MR) is 115 cm³/mol. The largest absolute Gasteiger partial charge is 0.490 e. The summed E-state index contributed by atoms with van der Waals surface area (Å²) < 4.78 is 10.8. The van der Waals surface area contributed by atoms with E-state index in [4.69, 9.17) is 9.47 Å². The van der Waals surface area contributed by atoms with E-state index < -0.39 is 5.97 Å². The topological polar surface area (TPSA) is 55.8 Å². The van der Waals surface area contributed by atoms with Gasteiger partial charge in [0.2, 0.25) is 0 Å². The number of rotatable bonds is 8. The molecule has 0 bridgehead atoms. The summed E-state index contributed by atoms with van der Waals surface area (Å²) in [6, 6.07) is 14.6. The molecule has 1 N–H and O–H groups in total. The molecule has 4 heteroatoms. The number of carbonyl (C=O) groups excluding carboxylic acids is 1. The van der Waals surface area contributed by atoms with Gasteiger partial charge in [0, 0.05) is 11.1 Å². The maximum absolute atomic E-state index is 11.4. The van der Waals surface area contributed by atoms with Crippen molar-refractivity contribution in [2.45, 2.75) is 51.6 Å². The molecule has 154 valence electrons. The molecule has 1 aliphatic rings. The van der Waals surface area contributed by atoms with Crippen molar-refractivity contribution in [1.82, 2.24) is 0 Å². The fraction of sp³-hybridized carbons (Fsp3) is 0.400. The van der Waals surface area contributed by atoms with Gasteiger partial charge in [-0.2, -0.15) is 0 Å². The van der Waals surface area contributed by atoms with Gasteiger partial charge in [0.25, 0.3) is 0 Å². The molecule has 1 aliphatic carbocycles. The smallest absolute Gasteiger partial charge is 0.333 e. The highest BCUT2D eigenvalue weighted by atomic mass is 16.6. The zero-order valence-corrected chi connectivity index (χ0v) is 17.2. The summed E-state index contributed by atoms with van der Waals surface area (Å²) >= 11 is 0. The zero-order chi connectivity index (χ0) is 20.6. The van der Waals surface area contributed by atoms with E-state index in [9.17, 15) is 9.90 Å². The van der Waals surface area contributed by atoms with Crippen LogP contribution < -0.4 is 4.74 Å². The Morgan fingerprint density at radius 3 is 2.38 bits per heavy atom. The molecule has 3 rings (SSSR count). The normalized spacial score (nSPS) is 14.4. The summed E-state index contributed by atoms with van der Waals surface area (Å²) in [6.07, 6.45) is 6.60. The molecule has 0 atom stereocenters. The third-order valence-corrected chi connectivity index (χ3v) is 5.48. The van der Waals surface area contributed by atoms with Crippen LogP contribution in [0.4, 0.5) is 0 Å². The first-order chi connectivity index (χ1) is 14.1. The second kappa shape index (κ2) is 10.3. The van der Waals surface area contributed by atoms with Crippen molar-refractivity contribution in [3.05, 3.63) is 65.7 Å². The summed E-state index contributed by atoms with van der Waals surface area (Å²) in [5, 5.41) is 9.60. The Morgan fingerprint density at radius 1 is 1.03 bits per heavy atom. The minimum Gasteiger partial charge on any atom is -0.490 e. The lowest BCUT2D eigenvalue weighted by Gasteiger charge is -2.22. The third kappa shape index (κ3) is 5.70. The van der Waals surface area contributed by atoms with Crippen LogP contribution in [0.5, 0.6) is 5.75 Å². The molecule has 0 heterocycles. The number of benzene rings is 2. The molecular formula is C25H30O4. The van der Waals surface area contributed by atoms with Crippen molar-refractivity contribution < 1.29 is 19.4 Å². The molecule has 1 saturated carbocycles. The number of ether oxygens (including phenoxy) is 2. The number of aliphatic hydroxyl groups is 1. The summed E-state index contributed by atoms with van der Waals surface area (Å²) in [6.45, 7) is 5.40. The van der Waals surface area contributed by atoms with Crippen molar-refractivity contribution in [2.75, 3.05) is 13.2 Å². The van der Waals surface area contributed by atoms with Gasteiger partial charge in [0.1, 0.15) is 19.0 Å². The number of hydrogen-bond acceptors (Lipinski definition) is 4. The van der Waals surface area contributed by atoms with Crippen molar-refractivity contribution in [3.63, 3.8) is 0 Å². The van der Waals surface area contributed by atoms with Crippen LogP contribution in [0.1, 0.15) is 56.1 Å². The van der Waals surface area contributed by atoms with E-state index in [1.54, 1.807) is 6.92 Å². The number of carbonyl (C=O) groups is 1. The van der Waals surface area contributed by atoms with Crippen molar-refractivity contribution in [2.24, 2.45) is 0 Å². The van der Waals surface area contributed by atoms with Crippen LogP contribution >= 0.6 is 0 Å². The van der Waals surface area contributed by atoms with E-state index in [0.717, 1.165) is 11.1 Å². The Morgan fingerprint density at radius 2 is 1.72 bits per heavy atom. The summed E-state index contributed by atoms with van der Waals surface area (Å²) in [4.78, 5) is 11.4. The van der Waals surface area contributed by atoms with Crippen LogP contribution in [0, 0.1) is 0 Å². The molecule has 0 unspecified atom stereocenters. The second-order valence-electron chi connectivity index (χ2n) is 7.70. The minimum atomic E-state index is -0.428. The first-order valence-electron chi connectivity index (χ1n) is 10.4. The van der Waals surface area contributed by atoms with Crippen LogP contribution in [-0.2, 0) is 16.1 Å². The van der Waals surface area contributed by atoms with E-state index in [2.05, 4.69) is 30.8 Å². The standard InChI is InChI=1S/C25H30O4/c1-18(2)25(27)29-15-14-28-24-16-22(12-13-23(24)17-26)21-10-8-20(9-11-21)19-6-4-3-5-7-19/h8-13,16,19,26H,1,3-7,14-15,17H2,2H3. The highest BCUT2D eigenvalue weighted by Crippen LogP contribution is 2.34. The van der Waals surface area contributed by atoms with Gasteiger partial charge in [0.05, 0.1) is 6.61 Å². The van der Waals surface area contributed by atoms with E-state index >= 15 is 0 Å². The highest BCUT2D eigenvalue weighted by Gasteiger charge is 2.15. The lowest BCUT2D eigenvalue weighted by molar-refractivity contribution is -0.139. The van der Waals surface area contributed by atoms with E-state index in [1.807, 2.05) is 18.2 Å². The summed E-state index contributed by atoms with van der Waals surface area (Å²) in [5.41, 5.74) is 4.65. The Bertz CT molecular complexity index is 832. The van der Waals surface area contributed by atoms with Crippen LogP contribution in [-0.4, -0.2) is 24.3 Å². The Balaban J connectivity index is 1.67. The lowest BCUT2D eigenvalue weighted by atomic mass is 9.83. The molecule has 2 aromatic rings. The second-order valence-corrected chi connectivity index (χ2v) is 7.70. The molecule has 0 amide bonds. The van der Waals surface area contributed by atoms with Gasteiger partial charge >= 0.3 is 5.97 Å². The Hall–Kier alpha value is -2.59. The lowest BCUT2D eigenvalue weighted by Crippen LogP contribution is -2.13. The van der Waals surface area contributed by atoms with Crippen molar-refractivity contribution >= 4 is 5.97 Å². The van der Waals surface area contributed by atoms with Gasteiger partial charge < -0.3 is 14.6 Å². The van der Waals surface area contributed by atoms with Gasteiger partial charge in [0.15, 0.2) is 0 Å². The first-order valence-corrected chi connectivity index (χ1v) is 10.4. The first kappa shape index (κ1) is 21.1. The SMILES string of the molecule is C=C(C)C(=O)OCCOc1cc(-c2ccc(C3CCCCC3)cc2)ccc1CO. The quantitative estimate of drug-likeness (QED) is 0.370. The average molecular weight is 395 g/mol. The number of esters is 1. The van der Waals surface area contributed by atoms with Gasteiger partial charge in [-0.25, -0.2) is 4.79 Å². The molecule has 29 heavy (non-hydrogen) atoms. The summed E-state index contributed by atoms with van der Waals surface area (Å²) in [7, 11) is 0. The molecular weight excluding hydrogens is 364 g/mol. The molecule has 4 nitrogen and oxygen atoms in total. The van der Waals surface area contributed by atoms with Crippen LogP contribution in [0.25, 0.3) is 11.1 Å². The fourth-order valence-corrected chi connectivity index (χ4v) is 3.79. The molecule has 0 saturated heterocycles. The Kier molecular flexibility index (Phi) is 7.48. The molecule has 0 aliphatic heterocycles. The third-order valence-electron chi connectivity index (χ3n) is 5.48.